The van der Waals surface area contributed by atoms with Crippen LogP contribution in [0.2, 0.25) is 18.1 Å². The predicted octanol–water partition coefficient (Wildman–Crippen LogP) is 7.62. The molecule has 11 nitrogen and oxygen atoms in total. The molecule has 0 aromatic heterocycles. The first-order chi connectivity index (χ1) is 26.5. The fraction of sp³-hybridized carbons (Fsp3) is 0.622. The molecule has 1 saturated heterocycles. The van der Waals surface area contributed by atoms with E-state index >= 15 is 0 Å². The number of ether oxygens (including phenoxy) is 1. The molecule has 5 atom stereocenters. The Kier molecular flexibility index (Phi) is 17.1. The van der Waals surface area contributed by atoms with Crippen LogP contribution in [-0.4, -0.2) is 85.7 Å². The maximum atomic E-state index is 15.0. The first-order valence-electron chi connectivity index (χ1n) is 20.7. The first-order valence-corrected chi connectivity index (χ1v) is 23.6. The van der Waals surface area contributed by atoms with Crippen LogP contribution in [0.3, 0.4) is 0 Å². The Labute approximate surface area is 342 Å². The zero-order chi connectivity index (χ0) is 42.7. The molecule has 0 spiro atoms. The lowest BCUT2D eigenvalue weighted by Crippen LogP contribution is -2.56. The van der Waals surface area contributed by atoms with E-state index in [1.807, 2.05) is 90.9 Å². The fourth-order valence-corrected chi connectivity index (χ4v) is 8.04. The summed E-state index contributed by atoms with van der Waals surface area (Å²) >= 11 is 0. The van der Waals surface area contributed by atoms with Crippen molar-refractivity contribution in [2.24, 2.45) is 11.8 Å². The van der Waals surface area contributed by atoms with Crippen molar-refractivity contribution in [3.63, 3.8) is 0 Å². The molecule has 57 heavy (non-hydrogen) atoms. The van der Waals surface area contributed by atoms with Crippen LogP contribution in [0, 0.1) is 11.8 Å². The van der Waals surface area contributed by atoms with Gasteiger partial charge in [-0.05, 0) is 95.1 Å². The van der Waals surface area contributed by atoms with E-state index in [4.69, 9.17) is 9.16 Å². The number of hydrogen-bond donors (Lipinski definition) is 3. The lowest BCUT2D eigenvalue weighted by Gasteiger charge is -2.42. The van der Waals surface area contributed by atoms with Crippen LogP contribution in [-0.2, 0) is 36.4 Å². The van der Waals surface area contributed by atoms with Gasteiger partial charge in [-0.2, -0.15) is 0 Å². The molecule has 2 aromatic rings. The second-order valence-corrected chi connectivity index (χ2v) is 23.3. The number of benzene rings is 2. The molecule has 0 saturated carbocycles. The standard InChI is InChI=1S/C45H70N4O7Si/c1-13-31(4)39(42(53)49-25-23-35(50)24-26-49)48-40(51)34(28-33-21-17-18-22-36(33)41(52)46-30(2)3)29-38(56-57(11,12)45(8,9)10)37(27-32-19-15-14-16-20-32)47-43(54)55-44(5,6)7/h14-22,30-31,34,37-39H,13,23-29H2,1-12H3,(H,46,52)(H,47,54)(H,48,51). The third-order valence-corrected chi connectivity index (χ3v) is 15.7. The quantitative estimate of drug-likeness (QED) is 0.140. The van der Waals surface area contributed by atoms with Gasteiger partial charge in [0.2, 0.25) is 11.8 Å². The Morgan fingerprint density at radius 3 is 1.98 bits per heavy atom. The number of carbonyl (C=O) groups is 5. The van der Waals surface area contributed by atoms with Crippen molar-refractivity contribution >= 4 is 37.9 Å². The summed E-state index contributed by atoms with van der Waals surface area (Å²) in [6.07, 6.45) is 0.726. The van der Waals surface area contributed by atoms with E-state index in [0.29, 0.717) is 49.9 Å². The van der Waals surface area contributed by atoms with Crippen LogP contribution in [0.5, 0.6) is 0 Å². The van der Waals surface area contributed by atoms with Gasteiger partial charge in [0.15, 0.2) is 8.32 Å². The monoisotopic (exact) mass is 807 g/mol. The highest BCUT2D eigenvalue weighted by Gasteiger charge is 2.43. The van der Waals surface area contributed by atoms with Crippen molar-refractivity contribution in [3.8, 4) is 0 Å². The summed E-state index contributed by atoms with van der Waals surface area (Å²) in [7, 11) is -2.56. The molecule has 316 valence electrons. The summed E-state index contributed by atoms with van der Waals surface area (Å²) < 4.78 is 13.0. The molecule has 12 heteroatoms. The van der Waals surface area contributed by atoms with Gasteiger partial charge < -0.3 is 30.0 Å². The molecule has 0 bridgehead atoms. The van der Waals surface area contributed by atoms with Gasteiger partial charge in [-0.1, -0.05) is 89.6 Å². The van der Waals surface area contributed by atoms with Crippen molar-refractivity contribution < 1.29 is 33.1 Å². The number of hydrogen-bond acceptors (Lipinski definition) is 7. The van der Waals surface area contributed by atoms with E-state index in [1.54, 1.807) is 17.0 Å². The van der Waals surface area contributed by atoms with E-state index < -0.39 is 44.1 Å². The maximum absolute atomic E-state index is 15.0. The van der Waals surface area contributed by atoms with Crippen LogP contribution in [0.4, 0.5) is 4.79 Å². The van der Waals surface area contributed by atoms with Crippen LogP contribution < -0.4 is 16.0 Å². The average Bonchev–Trinajstić information content (AvgIpc) is 3.11. The molecule has 4 amide bonds. The highest BCUT2D eigenvalue weighted by molar-refractivity contribution is 6.74. The van der Waals surface area contributed by atoms with Gasteiger partial charge in [0, 0.05) is 43.5 Å². The third kappa shape index (κ3) is 14.7. The Hall–Kier alpha value is -4.03. The van der Waals surface area contributed by atoms with Gasteiger partial charge in [0.25, 0.3) is 5.91 Å². The van der Waals surface area contributed by atoms with Crippen molar-refractivity contribution in [2.45, 2.75) is 156 Å². The normalized spacial score (nSPS) is 16.6. The number of amides is 4. The highest BCUT2D eigenvalue weighted by atomic mass is 28.4. The summed E-state index contributed by atoms with van der Waals surface area (Å²) in [5, 5.41) is 9.09. The van der Waals surface area contributed by atoms with Gasteiger partial charge in [0.05, 0.1) is 12.1 Å². The number of rotatable bonds is 17. The molecular weight excluding hydrogens is 737 g/mol. The molecule has 1 aliphatic rings. The Morgan fingerprint density at radius 2 is 1.42 bits per heavy atom. The second-order valence-electron chi connectivity index (χ2n) is 18.5. The third-order valence-electron chi connectivity index (χ3n) is 11.1. The summed E-state index contributed by atoms with van der Waals surface area (Å²) in [5.41, 5.74) is 1.37. The van der Waals surface area contributed by atoms with Crippen molar-refractivity contribution in [3.05, 3.63) is 71.3 Å². The molecule has 5 unspecified atom stereocenters. The Bertz CT molecular complexity index is 1660. The smallest absolute Gasteiger partial charge is 0.407 e. The zero-order valence-corrected chi connectivity index (χ0v) is 37.6. The summed E-state index contributed by atoms with van der Waals surface area (Å²) in [6.45, 7) is 24.5. The summed E-state index contributed by atoms with van der Waals surface area (Å²) in [5.74, 6) is -1.64. The largest absolute Gasteiger partial charge is 0.444 e. The number of carbonyl (C=O) groups excluding carboxylic acids is 5. The second kappa shape index (κ2) is 20.6. The number of Topliss-reactive ketones (excluding diaryl/α,β-unsaturated/α-hetero) is 1. The van der Waals surface area contributed by atoms with Crippen molar-refractivity contribution in [1.82, 2.24) is 20.9 Å². The Morgan fingerprint density at radius 1 is 0.825 bits per heavy atom. The predicted molar refractivity (Wildman–Crippen MR) is 228 cm³/mol. The molecule has 1 fully saturated rings. The van der Waals surface area contributed by atoms with Crippen molar-refractivity contribution in [1.29, 1.82) is 0 Å². The molecule has 0 radical (unpaired) electrons. The fourth-order valence-electron chi connectivity index (χ4n) is 6.67. The number of likely N-dealkylation sites (tertiary alicyclic amines) is 1. The van der Waals surface area contributed by atoms with Gasteiger partial charge >= 0.3 is 6.09 Å². The molecule has 0 aliphatic carbocycles. The van der Waals surface area contributed by atoms with Crippen molar-refractivity contribution in [2.75, 3.05) is 13.1 Å². The van der Waals surface area contributed by atoms with E-state index in [1.165, 1.54) is 0 Å². The summed E-state index contributed by atoms with van der Waals surface area (Å²) in [6, 6.07) is 15.6. The number of nitrogens with one attached hydrogen (secondary N) is 3. The van der Waals surface area contributed by atoms with E-state index in [0.717, 1.165) is 5.56 Å². The van der Waals surface area contributed by atoms with E-state index in [9.17, 15) is 24.0 Å². The van der Waals surface area contributed by atoms with Crippen LogP contribution in [0.1, 0.15) is 116 Å². The molecule has 1 heterocycles. The lowest BCUT2D eigenvalue weighted by molar-refractivity contribution is -0.141. The molecule has 1 aliphatic heterocycles. The van der Waals surface area contributed by atoms with Gasteiger partial charge in [-0.3, -0.25) is 19.2 Å². The van der Waals surface area contributed by atoms with E-state index in [-0.39, 0.29) is 53.3 Å². The zero-order valence-electron chi connectivity index (χ0n) is 36.6. The van der Waals surface area contributed by atoms with E-state index in [2.05, 4.69) is 49.8 Å². The van der Waals surface area contributed by atoms with Gasteiger partial charge in [-0.15, -0.1) is 0 Å². The highest BCUT2D eigenvalue weighted by Crippen LogP contribution is 2.39. The number of ketones is 1. The molecule has 3 N–H and O–H groups in total. The minimum absolute atomic E-state index is 0.0999. The molecule has 2 aromatic carbocycles. The van der Waals surface area contributed by atoms with Crippen LogP contribution in [0.15, 0.2) is 54.6 Å². The molecular formula is C45H70N4O7Si. The average molecular weight is 807 g/mol. The van der Waals surface area contributed by atoms with Crippen LogP contribution in [0.25, 0.3) is 0 Å². The minimum Gasteiger partial charge on any atom is -0.444 e. The molecule has 3 rings (SSSR count). The minimum atomic E-state index is -2.56. The van der Waals surface area contributed by atoms with Gasteiger partial charge in [-0.25, -0.2) is 4.79 Å². The Balaban J connectivity index is 2.19. The topological polar surface area (TPSA) is 143 Å². The first kappa shape index (κ1) is 47.3. The number of piperidine rings is 1. The summed E-state index contributed by atoms with van der Waals surface area (Å²) in [4.78, 5) is 69.9. The number of nitrogens with zero attached hydrogens (tertiary/aromatic N) is 1. The van der Waals surface area contributed by atoms with Gasteiger partial charge in [0.1, 0.15) is 17.4 Å². The maximum Gasteiger partial charge on any atom is 0.407 e. The number of alkyl carbamates (subject to hydrolysis) is 1. The lowest BCUT2D eigenvalue weighted by atomic mass is 9.86. The SMILES string of the molecule is CCC(C)C(NC(=O)C(Cc1ccccc1C(=O)NC(C)C)CC(O[Si](C)(C)C(C)(C)C)C(Cc1ccccc1)NC(=O)OC(C)(C)C)C(=O)N1CCC(=O)CC1. The van der Waals surface area contributed by atoms with Crippen LogP contribution >= 0.6 is 0 Å².